The second-order valence-corrected chi connectivity index (χ2v) is 3.19. The Morgan fingerprint density at radius 2 is 2.47 bits per heavy atom. The number of hydrogen-bond acceptors (Lipinski definition) is 3. The van der Waals surface area contributed by atoms with Crippen molar-refractivity contribution in [2.75, 3.05) is 6.54 Å². The molecule has 1 aromatic heterocycles. The van der Waals surface area contributed by atoms with Crippen LogP contribution in [-0.4, -0.2) is 22.1 Å². The molecule has 0 radical (unpaired) electrons. The molecule has 6 heteroatoms. The van der Waals surface area contributed by atoms with Gasteiger partial charge in [-0.3, -0.25) is 5.43 Å². The zero-order valence-electron chi connectivity index (χ0n) is 9.20. The lowest BCUT2D eigenvalue weighted by Gasteiger charge is -2.07. The third kappa shape index (κ3) is 3.59. The minimum absolute atomic E-state index is 0.514. The maximum absolute atomic E-state index is 5.32. The SMILES string of the molecule is CCCNC(=NCc1nccn1C)NN. The van der Waals surface area contributed by atoms with E-state index in [-0.39, 0.29) is 0 Å². The summed E-state index contributed by atoms with van der Waals surface area (Å²) in [6.07, 6.45) is 4.67. The molecule has 0 saturated heterocycles. The molecule has 4 N–H and O–H groups in total. The average molecular weight is 210 g/mol. The number of hydrazine groups is 1. The molecule has 1 heterocycles. The summed E-state index contributed by atoms with van der Waals surface area (Å²) in [6, 6.07) is 0. The summed E-state index contributed by atoms with van der Waals surface area (Å²) < 4.78 is 1.93. The van der Waals surface area contributed by atoms with Crippen LogP contribution in [0, 0.1) is 0 Å². The molecule has 6 nitrogen and oxygen atoms in total. The molecule has 0 spiro atoms. The monoisotopic (exact) mass is 210 g/mol. The molecule has 0 saturated carbocycles. The standard InChI is InChI=1S/C9H18N6/c1-3-4-12-9(14-10)13-7-8-11-5-6-15(8)2/h5-6H,3-4,7,10H2,1-2H3,(H2,12,13,14). The normalized spacial score (nSPS) is 11.5. The minimum Gasteiger partial charge on any atom is -0.355 e. The highest BCUT2D eigenvalue weighted by Gasteiger charge is 1.98. The van der Waals surface area contributed by atoms with Gasteiger partial charge in [-0.15, -0.1) is 0 Å². The fraction of sp³-hybridized carbons (Fsp3) is 0.556. The molecule has 0 bridgehead atoms. The van der Waals surface area contributed by atoms with Crippen molar-refractivity contribution in [1.29, 1.82) is 0 Å². The van der Waals surface area contributed by atoms with Crippen LogP contribution in [0.3, 0.4) is 0 Å². The van der Waals surface area contributed by atoms with Crippen molar-refractivity contribution in [2.45, 2.75) is 19.9 Å². The van der Waals surface area contributed by atoms with Gasteiger partial charge in [-0.05, 0) is 6.42 Å². The van der Waals surface area contributed by atoms with E-state index < -0.39 is 0 Å². The van der Waals surface area contributed by atoms with Gasteiger partial charge >= 0.3 is 0 Å². The molecule has 1 rings (SSSR count). The minimum atomic E-state index is 0.514. The molecular formula is C9H18N6. The number of hydrogen-bond donors (Lipinski definition) is 3. The van der Waals surface area contributed by atoms with E-state index in [9.17, 15) is 0 Å². The number of aromatic nitrogens is 2. The van der Waals surface area contributed by atoms with Gasteiger partial charge in [0.1, 0.15) is 12.4 Å². The summed E-state index contributed by atoms with van der Waals surface area (Å²) in [7, 11) is 1.94. The van der Waals surface area contributed by atoms with Crippen LogP contribution in [0.4, 0.5) is 0 Å². The third-order valence-electron chi connectivity index (χ3n) is 1.98. The molecule has 1 aromatic rings. The highest BCUT2D eigenvalue weighted by Crippen LogP contribution is 1.95. The van der Waals surface area contributed by atoms with Crippen LogP contribution in [-0.2, 0) is 13.6 Å². The first-order chi connectivity index (χ1) is 7.27. The van der Waals surface area contributed by atoms with Gasteiger partial charge < -0.3 is 9.88 Å². The molecule has 0 aliphatic rings. The number of rotatable bonds is 4. The topological polar surface area (TPSA) is 80.3 Å². The summed E-state index contributed by atoms with van der Waals surface area (Å²) in [5.74, 6) is 6.82. The molecule has 0 aliphatic heterocycles. The first-order valence-electron chi connectivity index (χ1n) is 4.99. The predicted molar refractivity (Wildman–Crippen MR) is 60.0 cm³/mol. The fourth-order valence-electron chi connectivity index (χ4n) is 1.09. The Labute approximate surface area is 89.6 Å². The van der Waals surface area contributed by atoms with Crippen LogP contribution in [0.15, 0.2) is 17.4 Å². The first-order valence-corrected chi connectivity index (χ1v) is 4.99. The quantitative estimate of drug-likeness (QED) is 0.277. The highest BCUT2D eigenvalue weighted by molar-refractivity contribution is 5.79. The van der Waals surface area contributed by atoms with Crippen molar-refractivity contribution >= 4 is 5.96 Å². The highest BCUT2D eigenvalue weighted by atomic mass is 15.3. The van der Waals surface area contributed by atoms with Gasteiger partial charge in [0.15, 0.2) is 0 Å². The number of guanidine groups is 1. The lowest BCUT2D eigenvalue weighted by molar-refractivity contribution is 0.761. The number of nitrogens with one attached hydrogen (secondary N) is 2. The maximum Gasteiger partial charge on any atom is 0.206 e. The second-order valence-electron chi connectivity index (χ2n) is 3.19. The van der Waals surface area contributed by atoms with Gasteiger partial charge in [-0.25, -0.2) is 15.8 Å². The van der Waals surface area contributed by atoms with Gasteiger partial charge in [0, 0.05) is 26.0 Å². The number of nitrogens with zero attached hydrogens (tertiary/aromatic N) is 3. The van der Waals surface area contributed by atoms with E-state index >= 15 is 0 Å². The van der Waals surface area contributed by atoms with Crippen LogP contribution in [0.5, 0.6) is 0 Å². The van der Waals surface area contributed by atoms with Crippen molar-refractivity contribution in [2.24, 2.45) is 17.9 Å². The van der Waals surface area contributed by atoms with Gasteiger partial charge in [-0.2, -0.15) is 0 Å². The second kappa shape index (κ2) is 6.02. The van der Waals surface area contributed by atoms with E-state index in [1.165, 1.54) is 0 Å². The van der Waals surface area contributed by atoms with Crippen molar-refractivity contribution in [3.63, 3.8) is 0 Å². The Morgan fingerprint density at radius 3 is 3.00 bits per heavy atom. The summed E-state index contributed by atoms with van der Waals surface area (Å²) in [5, 5.41) is 3.08. The van der Waals surface area contributed by atoms with E-state index in [0.29, 0.717) is 12.5 Å². The Kier molecular flexibility index (Phi) is 4.62. The van der Waals surface area contributed by atoms with Gasteiger partial charge in [0.25, 0.3) is 0 Å². The Bertz CT molecular complexity index is 316. The first kappa shape index (κ1) is 11.5. The summed E-state index contributed by atoms with van der Waals surface area (Å²) in [6.45, 7) is 3.45. The average Bonchev–Trinajstić information content (AvgIpc) is 2.65. The molecular weight excluding hydrogens is 192 g/mol. The molecule has 84 valence electrons. The number of nitrogens with two attached hydrogens (primary N) is 1. The molecule has 0 fully saturated rings. The number of aryl methyl sites for hydroxylation is 1. The molecule has 0 atom stereocenters. The van der Waals surface area contributed by atoms with E-state index in [2.05, 4.69) is 27.6 Å². The van der Waals surface area contributed by atoms with Gasteiger partial charge in [-0.1, -0.05) is 6.92 Å². The van der Waals surface area contributed by atoms with Crippen LogP contribution in [0.25, 0.3) is 0 Å². The van der Waals surface area contributed by atoms with Crippen molar-refractivity contribution in [3.05, 3.63) is 18.2 Å². The predicted octanol–water partition coefficient (Wildman–Crippen LogP) is -0.261. The summed E-state index contributed by atoms with van der Waals surface area (Å²) in [4.78, 5) is 8.43. The maximum atomic E-state index is 5.32. The van der Waals surface area contributed by atoms with Crippen molar-refractivity contribution < 1.29 is 0 Å². The molecule has 0 aromatic carbocycles. The Balaban J connectivity index is 2.50. The van der Waals surface area contributed by atoms with Gasteiger partial charge in [0.05, 0.1) is 0 Å². The van der Waals surface area contributed by atoms with Crippen LogP contribution >= 0.6 is 0 Å². The zero-order valence-corrected chi connectivity index (χ0v) is 9.20. The van der Waals surface area contributed by atoms with Crippen molar-refractivity contribution in [3.8, 4) is 0 Å². The lowest BCUT2D eigenvalue weighted by Crippen LogP contribution is -2.41. The van der Waals surface area contributed by atoms with E-state index in [1.807, 2.05) is 17.8 Å². The largest absolute Gasteiger partial charge is 0.355 e. The van der Waals surface area contributed by atoms with E-state index in [0.717, 1.165) is 18.8 Å². The van der Waals surface area contributed by atoms with Crippen molar-refractivity contribution in [1.82, 2.24) is 20.3 Å². The van der Waals surface area contributed by atoms with Crippen LogP contribution in [0.1, 0.15) is 19.2 Å². The fourth-order valence-corrected chi connectivity index (χ4v) is 1.09. The van der Waals surface area contributed by atoms with Crippen LogP contribution < -0.4 is 16.6 Å². The Morgan fingerprint density at radius 1 is 1.67 bits per heavy atom. The molecule has 0 amide bonds. The van der Waals surface area contributed by atoms with Gasteiger partial charge in [0.2, 0.25) is 5.96 Å². The smallest absolute Gasteiger partial charge is 0.206 e. The number of imidazole rings is 1. The molecule has 0 aliphatic carbocycles. The molecule has 15 heavy (non-hydrogen) atoms. The van der Waals surface area contributed by atoms with E-state index in [4.69, 9.17) is 5.84 Å². The summed E-state index contributed by atoms with van der Waals surface area (Å²) in [5.41, 5.74) is 2.52. The Hall–Kier alpha value is -1.56. The zero-order chi connectivity index (χ0) is 11.1. The summed E-state index contributed by atoms with van der Waals surface area (Å²) >= 11 is 0. The van der Waals surface area contributed by atoms with Crippen LogP contribution in [0.2, 0.25) is 0 Å². The third-order valence-corrected chi connectivity index (χ3v) is 1.98. The van der Waals surface area contributed by atoms with E-state index in [1.54, 1.807) is 6.20 Å². The number of aliphatic imine (C=N–C) groups is 1. The molecule has 0 unspecified atom stereocenters. The lowest BCUT2D eigenvalue weighted by atomic mass is 10.5.